The van der Waals surface area contributed by atoms with E-state index in [0.717, 1.165) is 5.69 Å². The van der Waals surface area contributed by atoms with Gasteiger partial charge in [-0.3, -0.25) is 4.68 Å². The first-order valence-electron chi connectivity index (χ1n) is 5.74. The lowest BCUT2D eigenvalue weighted by molar-refractivity contribution is 0.577. The molecular formula is C11H14BrN5O2S. The van der Waals surface area contributed by atoms with Gasteiger partial charge in [-0.05, 0) is 28.1 Å². The highest BCUT2D eigenvalue weighted by molar-refractivity contribution is 9.10. The fraction of sp³-hybridized carbons (Fsp3) is 0.273. The molecule has 7 nitrogen and oxygen atoms in total. The minimum atomic E-state index is -3.66. The summed E-state index contributed by atoms with van der Waals surface area (Å²) < 4.78 is 29.4. The van der Waals surface area contributed by atoms with Crippen molar-refractivity contribution in [3.63, 3.8) is 0 Å². The van der Waals surface area contributed by atoms with Gasteiger partial charge < -0.3 is 5.32 Å². The van der Waals surface area contributed by atoms with Crippen molar-refractivity contribution in [2.75, 3.05) is 12.4 Å². The normalized spacial score (nSPS) is 11.6. The van der Waals surface area contributed by atoms with Gasteiger partial charge in [-0.1, -0.05) is 0 Å². The van der Waals surface area contributed by atoms with Crippen molar-refractivity contribution in [1.82, 2.24) is 19.5 Å². The highest BCUT2D eigenvalue weighted by Crippen LogP contribution is 2.22. The first-order valence-corrected chi connectivity index (χ1v) is 8.01. The van der Waals surface area contributed by atoms with E-state index in [2.05, 4.69) is 36.1 Å². The fourth-order valence-electron chi connectivity index (χ4n) is 1.63. The van der Waals surface area contributed by atoms with Gasteiger partial charge >= 0.3 is 0 Å². The van der Waals surface area contributed by atoms with Crippen LogP contribution in [0.4, 0.5) is 5.82 Å². The van der Waals surface area contributed by atoms with Crippen LogP contribution in [0.2, 0.25) is 0 Å². The molecule has 0 fully saturated rings. The Morgan fingerprint density at radius 2 is 2.20 bits per heavy atom. The molecule has 0 aromatic carbocycles. The van der Waals surface area contributed by atoms with Crippen LogP contribution in [0.15, 0.2) is 33.9 Å². The van der Waals surface area contributed by atoms with Gasteiger partial charge in [0.25, 0.3) is 0 Å². The monoisotopic (exact) mass is 359 g/mol. The van der Waals surface area contributed by atoms with Gasteiger partial charge in [0.05, 0.1) is 12.2 Å². The van der Waals surface area contributed by atoms with Crippen molar-refractivity contribution < 1.29 is 8.42 Å². The molecule has 0 saturated carbocycles. The molecule has 0 spiro atoms. The third kappa shape index (κ3) is 3.17. The third-order valence-electron chi connectivity index (χ3n) is 2.71. The standard InChI is InChI=1S/C11H14BrN5O2S/c1-13-11-10(5-8(12)6-14-11)20(18,19)16-7-9-3-4-15-17(9)2/h3-6,16H,7H2,1-2H3,(H,13,14). The highest BCUT2D eigenvalue weighted by Gasteiger charge is 2.20. The van der Waals surface area contributed by atoms with Gasteiger partial charge in [0, 0.05) is 31.0 Å². The van der Waals surface area contributed by atoms with Crippen LogP contribution in [-0.4, -0.2) is 30.2 Å². The van der Waals surface area contributed by atoms with Crippen LogP contribution in [0.3, 0.4) is 0 Å². The number of aromatic nitrogens is 3. The molecule has 0 aliphatic rings. The number of aryl methyl sites for hydroxylation is 1. The first-order chi connectivity index (χ1) is 9.44. The van der Waals surface area contributed by atoms with E-state index in [1.807, 2.05) is 0 Å². The molecule has 2 aromatic rings. The van der Waals surface area contributed by atoms with Crippen LogP contribution in [0, 0.1) is 0 Å². The van der Waals surface area contributed by atoms with E-state index < -0.39 is 10.0 Å². The summed E-state index contributed by atoms with van der Waals surface area (Å²) in [7, 11) is -0.290. The molecule has 108 valence electrons. The minimum Gasteiger partial charge on any atom is -0.372 e. The van der Waals surface area contributed by atoms with Gasteiger partial charge in [0.15, 0.2) is 0 Å². The molecule has 0 aliphatic carbocycles. The maximum Gasteiger partial charge on any atom is 0.244 e. The van der Waals surface area contributed by atoms with Gasteiger partial charge in [-0.2, -0.15) is 5.10 Å². The molecule has 0 unspecified atom stereocenters. The van der Waals surface area contributed by atoms with Gasteiger partial charge in [0.2, 0.25) is 10.0 Å². The quantitative estimate of drug-likeness (QED) is 0.834. The SMILES string of the molecule is CNc1ncc(Br)cc1S(=O)(=O)NCc1ccnn1C. The average Bonchev–Trinajstić information content (AvgIpc) is 2.82. The molecule has 0 amide bonds. The summed E-state index contributed by atoms with van der Waals surface area (Å²) in [6.45, 7) is 0.161. The van der Waals surface area contributed by atoms with E-state index >= 15 is 0 Å². The van der Waals surface area contributed by atoms with E-state index in [-0.39, 0.29) is 11.4 Å². The Morgan fingerprint density at radius 1 is 1.45 bits per heavy atom. The topological polar surface area (TPSA) is 88.9 Å². The lowest BCUT2D eigenvalue weighted by atomic mass is 10.4. The summed E-state index contributed by atoms with van der Waals surface area (Å²) in [5, 5.41) is 6.75. The largest absolute Gasteiger partial charge is 0.372 e. The van der Waals surface area contributed by atoms with Crippen molar-refractivity contribution in [2.24, 2.45) is 7.05 Å². The Kier molecular flexibility index (Phi) is 4.41. The molecule has 0 atom stereocenters. The predicted octanol–water partition coefficient (Wildman–Crippen LogP) is 1.10. The van der Waals surface area contributed by atoms with Gasteiger partial charge in [0.1, 0.15) is 10.7 Å². The highest BCUT2D eigenvalue weighted by atomic mass is 79.9. The van der Waals surface area contributed by atoms with Crippen LogP contribution in [0.5, 0.6) is 0 Å². The summed E-state index contributed by atoms with van der Waals surface area (Å²) in [6.07, 6.45) is 3.15. The van der Waals surface area contributed by atoms with E-state index in [0.29, 0.717) is 10.3 Å². The van der Waals surface area contributed by atoms with Crippen LogP contribution >= 0.6 is 15.9 Å². The van der Waals surface area contributed by atoms with E-state index in [1.165, 1.54) is 12.3 Å². The number of nitrogens with one attached hydrogen (secondary N) is 2. The number of rotatable bonds is 5. The Bertz CT molecular complexity index is 713. The van der Waals surface area contributed by atoms with Gasteiger partial charge in [-0.15, -0.1) is 0 Å². The summed E-state index contributed by atoms with van der Waals surface area (Å²) in [5.74, 6) is 0.297. The average molecular weight is 360 g/mol. The molecule has 0 radical (unpaired) electrons. The molecule has 2 rings (SSSR count). The van der Waals surface area contributed by atoms with E-state index in [9.17, 15) is 8.42 Å². The van der Waals surface area contributed by atoms with Crippen molar-refractivity contribution in [3.8, 4) is 0 Å². The van der Waals surface area contributed by atoms with Crippen LogP contribution in [-0.2, 0) is 23.6 Å². The van der Waals surface area contributed by atoms with Crippen molar-refractivity contribution >= 4 is 31.8 Å². The minimum absolute atomic E-state index is 0.0940. The molecule has 0 aliphatic heterocycles. The Morgan fingerprint density at radius 3 is 2.80 bits per heavy atom. The van der Waals surface area contributed by atoms with Crippen molar-refractivity contribution in [1.29, 1.82) is 0 Å². The van der Waals surface area contributed by atoms with Crippen LogP contribution < -0.4 is 10.0 Å². The molecule has 9 heteroatoms. The Labute approximate surface area is 125 Å². The lowest BCUT2D eigenvalue weighted by Gasteiger charge is -2.11. The number of pyridine rings is 1. The fourth-order valence-corrected chi connectivity index (χ4v) is 3.30. The van der Waals surface area contributed by atoms with Crippen LogP contribution in [0.1, 0.15) is 5.69 Å². The Balaban J connectivity index is 2.26. The Hall–Kier alpha value is -1.45. The maximum absolute atomic E-state index is 12.3. The molecule has 2 aromatic heterocycles. The molecule has 2 N–H and O–H groups in total. The second kappa shape index (κ2) is 5.90. The molecule has 0 saturated heterocycles. The van der Waals surface area contributed by atoms with Crippen LogP contribution in [0.25, 0.3) is 0 Å². The molecular weight excluding hydrogens is 346 g/mol. The predicted molar refractivity (Wildman–Crippen MR) is 78.7 cm³/mol. The number of anilines is 1. The number of nitrogens with zero attached hydrogens (tertiary/aromatic N) is 3. The number of hydrogen-bond acceptors (Lipinski definition) is 5. The summed E-state index contributed by atoms with van der Waals surface area (Å²) in [4.78, 5) is 4.12. The third-order valence-corrected chi connectivity index (χ3v) is 4.56. The van der Waals surface area contributed by atoms with Gasteiger partial charge in [-0.25, -0.2) is 18.1 Å². The zero-order valence-corrected chi connectivity index (χ0v) is 13.4. The molecule has 2 heterocycles. The summed E-state index contributed by atoms with van der Waals surface area (Å²) in [5.41, 5.74) is 0.766. The molecule has 20 heavy (non-hydrogen) atoms. The zero-order valence-electron chi connectivity index (χ0n) is 11.0. The van der Waals surface area contributed by atoms with E-state index in [4.69, 9.17) is 0 Å². The summed E-state index contributed by atoms with van der Waals surface area (Å²) in [6, 6.07) is 3.26. The lowest BCUT2D eigenvalue weighted by Crippen LogP contribution is -2.25. The number of halogens is 1. The maximum atomic E-state index is 12.3. The summed E-state index contributed by atoms with van der Waals surface area (Å²) >= 11 is 3.22. The van der Waals surface area contributed by atoms with E-state index in [1.54, 1.807) is 31.0 Å². The second-order valence-electron chi connectivity index (χ2n) is 4.02. The first kappa shape index (κ1) is 14.9. The van der Waals surface area contributed by atoms with Crippen molar-refractivity contribution in [3.05, 3.63) is 34.7 Å². The molecule has 0 bridgehead atoms. The number of hydrogen-bond donors (Lipinski definition) is 2. The van der Waals surface area contributed by atoms with Crippen molar-refractivity contribution in [2.45, 2.75) is 11.4 Å². The number of sulfonamides is 1. The second-order valence-corrected chi connectivity index (χ2v) is 6.67. The zero-order chi connectivity index (χ0) is 14.8. The smallest absolute Gasteiger partial charge is 0.244 e.